The number of carbonyl (C=O) groups is 2. The molecule has 19 heavy (non-hydrogen) atoms. The van der Waals surface area contributed by atoms with Gasteiger partial charge in [-0.3, -0.25) is 0 Å². The number of carboxylic acids is 1. The summed E-state index contributed by atoms with van der Waals surface area (Å²) < 4.78 is 0. The fourth-order valence-corrected chi connectivity index (χ4v) is 2.26. The Balaban J connectivity index is 1.97. The highest BCUT2D eigenvalue weighted by molar-refractivity contribution is 5.82. The number of nitrogens with zero attached hydrogens (tertiary/aromatic N) is 1. The molecule has 1 aromatic rings. The van der Waals surface area contributed by atoms with Crippen molar-refractivity contribution < 1.29 is 14.7 Å². The second-order valence-corrected chi connectivity index (χ2v) is 4.75. The number of rotatable bonds is 4. The van der Waals surface area contributed by atoms with Gasteiger partial charge < -0.3 is 15.3 Å². The van der Waals surface area contributed by atoms with Crippen LogP contribution in [-0.4, -0.2) is 28.0 Å². The quantitative estimate of drug-likeness (QED) is 0.871. The molecule has 0 saturated heterocycles. The third kappa shape index (κ3) is 3.05. The van der Waals surface area contributed by atoms with E-state index in [9.17, 15) is 9.59 Å². The van der Waals surface area contributed by atoms with E-state index < -0.39 is 12.0 Å². The van der Waals surface area contributed by atoms with Crippen molar-refractivity contribution >= 4 is 12.0 Å². The zero-order valence-corrected chi connectivity index (χ0v) is 10.9. The number of nitrogens with one attached hydrogen (secondary N) is 1. The van der Waals surface area contributed by atoms with Gasteiger partial charge in [0.15, 0.2) is 0 Å². The molecule has 0 spiro atoms. The lowest BCUT2D eigenvalue weighted by Gasteiger charge is -2.20. The number of carboxylic acid groups (broad SMARTS) is 1. The first-order chi connectivity index (χ1) is 9.11. The maximum absolute atomic E-state index is 12.1. The maximum atomic E-state index is 12.1. The molecule has 2 N–H and O–H groups in total. The van der Waals surface area contributed by atoms with Crippen LogP contribution in [0.15, 0.2) is 24.3 Å². The summed E-state index contributed by atoms with van der Waals surface area (Å²) >= 11 is 0. The molecule has 0 aliphatic carbocycles. The third-order valence-electron chi connectivity index (χ3n) is 3.30. The minimum absolute atomic E-state index is 0.308. The lowest BCUT2D eigenvalue weighted by atomic mass is 10.1. The highest BCUT2D eigenvalue weighted by atomic mass is 16.4. The van der Waals surface area contributed by atoms with Crippen molar-refractivity contribution in [3.8, 4) is 0 Å². The molecule has 0 aromatic heterocycles. The van der Waals surface area contributed by atoms with Crippen molar-refractivity contribution in [2.75, 3.05) is 0 Å². The first-order valence-corrected chi connectivity index (χ1v) is 6.47. The minimum Gasteiger partial charge on any atom is -0.480 e. The van der Waals surface area contributed by atoms with Gasteiger partial charge in [0.2, 0.25) is 0 Å². The smallest absolute Gasteiger partial charge is 0.326 e. The van der Waals surface area contributed by atoms with Gasteiger partial charge in [-0.1, -0.05) is 37.6 Å². The summed E-state index contributed by atoms with van der Waals surface area (Å²) in [7, 11) is 0. The van der Waals surface area contributed by atoms with Gasteiger partial charge in [-0.2, -0.15) is 0 Å². The third-order valence-corrected chi connectivity index (χ3v) is 3.30. The average Bonchev–Trinajstić information content (AvgIpc) is 2.81. The summed E-state index contributed by atoms with van der Waals surface area (Å²) in [5.41, 5.74) is 2.25. The molecule has 1 heterocycles. The number of aliphatic carboxylic acids is 1. The first-order valence-electron chi connectivity index (χ1n) is 6.47. The molecule has 102 valence electrons. The lowest BCUT2D eigenvalue weighted by molar-refractivity contribution is -0.139. The van der Waals surface area contributed by atoms with Gasteiger partial charge in [-0.05, 0) is 17.5 Å². The normalized spacial score (nSPS) is 14.9. The first kappa shape index (κ1) is 13.4. The molecule has 5 nitrogen and oxygen atoms in total. The number of urea groups is 1. The Labute approximate surface area is 112 Å². The Kier molecular flexibility index (Phi) is 4.04. The predicted octanol–water partition coefficient (Wildman–Crippen LogP) is 1.97. The van der Waals surface area contributed by atoms with E-state index in [1.54, 1.807) is 4.90 Å². The Bertz CT molecular complexity index is 462. The maximum Gasteiger partial charge on any atom is 0.326 e. The summed E-state index contributed by atoms with van der Waals surface area (Å²) in [6.45, 7) is 2.98. The molecule has 2 amide bonds. The second-order valence-electron chi connectivity index (χ2n) is 4.75. The Hall–Kier alpha value is -2.04. The van der Waals surface area contributed by atoms with Crippen molar-refractivity contribution in [1.82, 2.24) is 10.2 Å². The summed E-state index contributed by atoms with van der Waals surface area (Å²) in [5, 5.41) is 11.6. The van der Waals surface area contributed by atoms with E-state index >= 15 is 0 Å². The van der Waals surface area contributed by atoms with E-state index in [2.05, 4.69) is 5.32 Å². The van der Waals surface area contributed by atoms with Crippen LogP contribution in [0.25, 0.3) is 0 Å². The molecular formula is C14H18N2O3. The van der Waals surface area contributed by atoms with E-state index in [0.29, 0.717) is 19.5 Å². The average molecular weight is 262 g/mol. The number of amides is 2. The predicted molar refractivity (Wildman–Crippen MR) is 70.6 cm³/mol. The molecule has 2 rings (SSSR count). The van der Waals surface area contributed by atoms with Gasteiger partial charge in [0, 0.05) is 13.1 Å². The van der Waals surface area contributed by atoms with Crippen molar-refractivity contribution in [3.63, 3.8) is 0 Å². The van der Waals surface area contributed by atoms with Crippen LogP contribution < -0.4 is 5.32 Å². The van der Waals surface area contributed by atoms with Crippen LogP contribution in [0.1, 0.15) is 30.9 Å². The van der Waals surface area contributed by atoms with Crippen LogP contribution >= 0.6 is 0 Å². The number of benzene rings is 1. The summed E-state index contributed by atoms with van der Waals surface area (Å²) in [6, 6.07) is 6.75. The van der Waals surface area contributed by atoms with Gasteiger partial charge in [-0.25, -0.2) is 9.59 Å². The number of carbonyl (C=O) groups excluding carboxylic acids is 1. The van der Waals surface area contributed by atoms with E-state index in [1.807, 2.05) is 31.2 Å². The molecular weight excluding hydrogens is 244 g/mol. The number of hydrogen-bond acceptors (Lipinski definition) is 2. The summed E-state index contributed by atoms with van der Waals surface area (Å²) in [4.78, 5) is 24.7. The standard InChI is InChI=1S/C14H18N2O3/c1-2-5-12(13(17)18)15-14(19)16-8-10-6-3-4-7-11(10)9-16/h3-4,6-7,12H,2,5,8-9H2,1H3,(H,15,19)(H,17,18). The summed E-state index contributed by atoms with van der Waals surface area (Å²) in [5.74, 6) is -0.980. The van der Waals surface area contributed by atoms with Gasteiger partial charge in [0.05, 0.1) is 0 Å². The van der Waals surface area contributed by atoms with Crippen LogP contribution in [0.2, 0.25) is 0 Å². The number of fused-ring (bicyclic) bond motifs is 1. The van der Waals surface area contributed by atoms with Crippen LogP contribution in [0.3, 0.4) is 0 Å². The molecule has 1 aliphatic rings. The molecule has 0 fully saturated rings. The van der Waals surface area contributed by atoms with Crippen molar-refractivity contribution in [2.24, 2.45) is 0 Å². The van der Waals surface area contributed by atoms with Gasteiger partial charge in [0.1, 0.15) is 6.04 Å². The molecule has 5 heteroatoms. The van der Waals surface area contributed by atoms with Crippen LogP contribution in [-0.2, 0) is 17.9 Å². The van der Waals surface area contributed by atoms with E-state index in [1.165, 1.54) is 0 Å². The van der Waals surface area contributed by atoms with Crippen LogP contribution in [0, 0.1) is 0 Å². The highest BCUT2D eigenvalue weighted by Crippen LogP contribution is 2.22. The molecule has 1 unspecified atom stereocenters. The molecule has 1 atom stereocenters. The van der Waals surface area contributed by atoms with Gasteiger partial charge in [0.25, 0.3) is 0 Å². The number of hydrogen-bond donors (Lipinski definition) is 2. The van der Waals surface area contributed by atoms with E-state index in [4.69, 9.17) is 5.11 Å². The Morgan fingerprint density at radius 3 is 2.37 bits per heavy atom. The zero-order valence-electron chi connectivity index (χ0n) is 10.9. The van der Waals surface area contributed by atoms with Crippen LogP contribution in [0.4, 0.5) is 4.79 Å². The molecule has 0 bridgehead atoms. The largest absolute Gasteiger partial charge is 0.480 e. The molecule has 1 aliphatic heterocycles. The monoisotopic (exact) mass is 262 g/mol. The van der Waals surface area contributed by atoms with Crippen molar-refractivity contribution in [3.05, 3.63) is 35.4 Å². The lowest BCUT2D eigenvalue weighted by Crippen LogP contribution is -2.46. The topological polar surface area (TPSA) is 69.6 Å². The van der Waals surface area contributed by atoms with E-state index in [0.717, 1.165) is 17.5 Å². The van der Waals surface area contributed by atoms with Gasteiger partial charge in [-0.15, -0.1) is 0 Å². The minimum atomic E-state index is -0.980. The summed E-state index contributed by atoms with van der Waals surface area (Å²) in [6.07, 6.45) is 1.17. The molecule has 0 radical (unpaired) electrons. The molecule has 0 saturated carbocycles. The van der Waals surface area contributed by atoms with Crippen LogP contribution in [0.5, 0.6) is 0 Å². The van der Waals surface area contributed by atoms with Crippen molar-refractivity contribution in [2.45, 2.75) is 38.9 Å². The molecule has 1 aromatic carbocycles. The van der Waals surface area contributed by atoms with Gasteiger partial charge >= 0.3 is 12.0 Å². The fourth-order valence-electron chi connectivity index (χ4n) is 2.26. The Morgan fingerprint density at radius 1 is 1.32 bits per heavy atom. The van der Waals surface area contributed by atoms with Crippen molar-refractivity contribution in [1.29, 1.82) is 0 Å². The zero-order chi connectivity index (χ0) is 13.8. The van der Waals surface area contributed by atoms with E-state index in [-0.39, 0.29) is 6.03 Å². The Morgan fingerprint density at radius 2 is 1.89 bits per heavy atom. The fraction of sp³-hybridized carbons (Fsp3) is 0.429. The highest BCUT2D eigenvalue weighted by Gasteiger charge is 2.26. The second kappa shape index (κ2) is 5.73. The SMILES string of the molecule is CCCC(NC(=O)N1Cc2ccccc2C1)C(=O)O.